The maximum Gasteiger partial charge on any atom is 0.318 e. The standard InChI is InChI=1S/C18H25ClN4O3/c1-18(2,3)16-21-15(26-22-16)11-20-17(24)23(9-10-25-4)12-13-7-5-6-8-14(13)19/h5-8H,9-12H2,1-4H3,(H,20,24). The van der Waals surface area contributed by atoms with E-state index in [2.05, 4.69) is 15.5 Å². The van der Waals surface area contributed by atoms with E-state index in [9.17, 15) is 4.79 Å². The van der Waals surface area contributed by atoms with Crippen LogP contribution in [0, 0.1) is 0 Å². The van der Waals surface area contributed by atoms with Crippen molar-refractivity contribution in [2.45, 2.75) is 39.3 Å². The van der Waals surface area contributed by atoms with Crippen LogP contribution in [0.15, 0.2) is 28.8 Å². The molecule has 2 rings (SSSR count). The molecule has 0 unspecified atom stereocenters. The van der Waals surface area contributed by atoms with Crippen molar-refractivity contribution in [3.63, 3.8) is 0 Å². The maximum absolute atomic E-state index is 12.6. The average molecular weight is 381 g/mol. The molecule has 142 valence electrons. The molecule has 1 N–H and O–H groups in total. The quantitative estimate of drug-likeness (QED) is 0.796. The van der Waals surface area contributed by atoms with Crippen LogP contribution in [0.5, 0.6) is 0 Å². The highest BCUT2D eigenvalue weighted by Crippen LogP contribution is 2.19. The van der Waals surface area contributed by atoms with Gasteiger partial charge in [-0.15, -0.1) is 0 Å². The summed E-state index contributed by atoms with van der Waals surface area (Å²) in [5.41, 5.74) is 0.661. The molecule has 0 spiro atoms. The van der Waals surface area contributed by atoms with E-state index < -0.39 is 0 Å². The number of benzene rings is 1. The highest BCUT2D eigenvalue weighted by atomic mass is 35.5. The number of amides is 2. The summed E-state index contributed by atoms with van der Waals surface area (Å²) < 4.78 is 10.3. The minimum Gasteiger partial charge on any atom is -0.383 e. The number of ether oxygens (including phenoxy) is 1. The summed E-state index contributed by atoms with van der Waals surface area (Å²) in [5, 5.41) is 7.38. The fraction of sp³-hybridized carbons (Fsp3) is 0.500. The lowest BCUT2D eigenvalue weighted by atomic mass is 9.96. The van der Waals surface area contributed by atoms with Crippen molar-refractivity contribution in [3.8, 4) is 0 Å². The van der Waals surface area contributed by atoms with Crippen molar-refractivity contribution >= 4 is 17.6 Å². The first-order chi connectivity index (χ1) is 12.3. The van der Waals surface area contributed by atoms with Crippen LogP contribution in [0.3, 0.4) is 0 Å². The lowest BCUT2D eigenvalue weighted by Gasteiger charge is -2.23. The van der Waals surface area contributed by atoms with Gasteiger partial charge in [-0.2, -0.15) is 4.98 Å². The van der Waals surface area contributed by atoms with Crippen molar-refractivity contribution in [1.82, 2.24) is 20.4 Å². The molecule has 26 heavy (non-hydrogen) atoms. The van der Waals surface area contributed by atoms with Crippen LogP contribution in [-0.4, -0.2) is 41.3 Å². The van der Waals surface area contributed by atoms with Crippen LogP contribution in [0.4, 0.5) is 4.79 Å². The van der Waals surface area contributed by atoms with Crippen molar-refractivity contribution < 1.29 is 14.1 Å². The van der Waals surface area contributed by atoms with Crippen LogP contribution in [0.1, 0.15) is 38.0 Å². The zero-order chi connectivity index (χ0) is 19.2. The Morgan fingerprint density at radius 3 is 2.69 bits per heavy atom. The smallest absolute Gasteiger partial charge is 0.318 e. The third kappa shape index (κ3) is 5.71. The number of halogens is 1. The number of nitrogens with zero attached hydrogens (tertiary/aromatic N) is 3. The number of methoxy groups -OCH3 is 1. The molecule has 0 fully saturated rings. The molecule has 0 saturated carbocycles. The monoisotopic (exact) mass is 380 g/mol. The Labute approximate surface area is 158 Å². The van der Waals surface area contributed by atoms with Crippen LogP contribution in [0.2, 0.25) is 5.02 Å². The van der Waals surface area contributed by atoms with E-state index in [1.165, 1.54) is 0 Å². The fourth-order valence-corrected chi connectivity index (χ4v) is 2.38. The number of carbonyl (C=O) groups excluding carboxylic acids is 1. The van der Waals surface area contributed by atoms with Gasteiger partial charge in [0.25, 0.3) is 0 Å². The zero-order valence-corrected chi connectivity index (χ0v) is 16.3. The number of urea groups is 1. The summed E-state index contributed by atoms with van der Waals surface area (Å²) in [6.45, 7) is 7.39. The van der Waals surface area contributed by atoms with E-state index in [-0.39, 0.29) is 18.0 Å². The summed E-state index contributed by atoms with van der Waals surface area (Å²) in [7, 11) is 1.60. The van der Waals surface area contributed by atoms with E-state index in [1.54, 1.807) is 18.1 Å². The van der Waals surface area contributed by atoms with Crippen molar-refractivity contribution in [2.24, 2.45) is 0 Å². The summed E-state index contributed by atoms with van der Waals surface area (Å²) >= 11 is 6.20. The zero-order valence-electron chi connectivity index (χ0n) is 15.6. The molecule has 7 nitrogen and oxygen atoms in total. The van der Waals surface area contributed by atoms with Gasteiger partial charge in [0.2, 0.25) is 5.89 Å². The number of carbonyl (C=O) groups is 1. The van der Waals surface area contributed by atoms with E-state index in [0.29, 0.717) is 36.4 Å². The summed E-state index contributed by atoms with van der Waals surface area (Å²) in [5.74, 6) is 0.974. The molecule has 1 heterocycles. The first kappa shape index (κ1) is 20.2. The number of aromatic nitrogens is 2. The molecular weight excluding hydrogens is 356 g/mol. The van der Waals surface area contributed by atoms with Crippen LogP contribution in [-0.2, 0) is 23.2 Å². The first-order valence-electron chi connectivity index (χ1n) is 8.39. The van der Waals surface area contributed by atoms with Gasteiger partial charge in [0.15, 0.2) is 5.82 Å². The van der Waals surface area contributed by atoms with Crippen LogP contribution >= 0.6 is 11.6 Å². The van der Waals surface area contributed by atoms with Gasteiger partial charge >= 0.3 is 6.03 Å². The Morgan fingerprint density at radius 2 is 2.08 bits per heavy atom. The number of hydrogen-bond acceptors (Lipinski definition) is 5. The van der Waals surface area contributed by atoms with Gasteiger partial charge in [-0.3, -0.25) is 0 Å². The first-order valence-corrected chi connectivity index (χ1v) is 8.77. The molecule has 0 atom stereocenters. The second-order valence-electron chi connectivity index (χ2n) is 6.93. The molecule has 0 aliphatic rings. The molecule has 2 amide bonds. The van der Waals surface area contributed by atoms with E-state index >= 15 is 0 Å². The minimum absolute atomic E-state index is 0.161. The third-order valence-electron chi connectivity index (χ3n) is 3.70. The highest BCUT2D eigenvalue weighted by molar-refractivity contribution is 6.31. The Hall–Kier alpha value is -2.12. The van der Waals surface area contributed by atoms with Crippen molar-refractivity contribution in [2.75, 3.05) is 20.3 Å². The largest absolute Gasteiger partial charge is 0.383 e. The Bertz CT molecular complexity index is 727. The minimum atomic E-state index is -0.252. The van der Waals surface area contributed by atoms with Gasteiger partial charge in [-0.05, 0) is 11.6 Å². The van der Waals surface area contributed by atoms with Crippen LogP contribution < -0.4 is 5.32 Å². The number of rotatable bonds is 7. The van der Waals surface area contributed by atoms with E-state index in [4.69, 9.17) is 20.9 Å². The van der Waals surface area contributed by atoms with E-state index in [0.717, 1.165) is 5.56 Å². The fourth-order valence-electron chi connectivity index (χ4n) is 2.18. The van der Waals surface area contributed by atoms with Gasteiger partial charge < -0.3 is 19.5 Å². The van der Waals surface area contributed by atoms with Gasteiger partial charge in [0, 0.05) is 30.6 Å². The van der Waals surface area contributed by atoms with Crippen LogP contribution in [0.25, 0.3) is 0 Å². The predicted molar refractivity (Wildman–Crippen MR) is 99.0 cm³/mol. The molecule has 1 aromatic carbocycles. The van der Waals surface area contributed by atoms with Gasteiger partial charge in [0.1, 0.15) is 0 Å². The number of nitrogens with one attached hydrogen (secondary N) is 1. The van der Waals surface area contributed by atoms with Gasteiger partial charge in [0.05, 0.1) is 13.2 Å². The lowest BCUT2D eigenvalue weighted by molar-refractivity contribution is 0.145. The van der Waals surface area contributed by atoms with Gasteiger partial charge in [-0.25, -0.2) is 4.79 Å². The third-order valence-corrected chi connectivity index (χ3v) is 4.07. The second-order valence-corrected chi connectivity index (χ2v) is 7.33. The highest BCUT2D eigenvalue weighted by Gasteiger charge is 2.21. The predicted octanol–water partition coefficient (Wildman–Crippen LogP) is 3.38. The molecule has 8 heteroatoms. The van der Waals surface area contributed by atoms with Gasteiger partial charge in [-0.1, -0.05) is 55.7 Å². The average Bonchev–Trinajstić information content (AvgIpc) is 3.07. The maximum atomic E-state index is 12.6. The lowest BCUT2D eigenvalue weighted by Crippen LogP contribution is -2.41. The second kappa shape index (κ2) is 9.00. The SMILES string of the molecule is COCCN(Cc1ccccc1Cl)C(=O)NCc1nc(C(C)(C)C)no1. The van der Waals surface area contributed by atoms with Crippen molar-refractivity contribution in [3.05, 3.63) is 46.6 Å². The molecule has 0 saturated heterocycles. The Kier molecular flexibility index (Phi) is 6.99. The molecule has 0 aliphatic carbocycles. The van der Waals surface area contributed by atoms with Crippen molar-refractivity contribution in [1.29, 1.82) is 0 Å². The molecule has 0 radical (unpaired) electrons. The molecule has 1 aromatic heterocycles. The topological polar surface area (TPSA) is 80.5 Å². The van der Waals surface area contributed by atoms with E-state index in [1.807, 2.05) is 39.0 Å². The Morgan fingerprint density at radius 1 is 1.35 bits per heavy atom. The summed E-state index contributed by atoms with van der Waals surface area (Å²) in [6.07, 6.45) is 0. The molecule has 2 aromatic rings. The molecular formula is C18H25ClN4O3. The number of hydrogen-bond donors (Lipinski definition) is 1. The summed E-state index contributed by atoms with van der Waals surface area (Å²) in [6, 6.07) is 7.18. The normalized spacial score (nSPS) is 11.4. The molecule has 0 aliphatic heterocycles. The summed E-state index contributed by atoms with van der Waals surface area (Å²) in [4.78, 5) is 18.5. The molecule has 0 bridgehead atoms. The Balaban J connectivity index is 2.00.